The molecule has 0 radical (unpaired) electrons. The van der Waals surface area contributed by atoms with Crippen molar-refractivity contribution < 1.29 is 18.7 Å². The number of rotatable bonds is 4. The molecule has 1 N–H and O–H groups in total. The highest BCUT2D eigenvalue weighted by atomic mass is 16.7. The molecule has 1 aromatic heterocycles. The average molecular weight is 351 g/mol. The van der Waals surface area contributed by atoms with Crippen LogP contribution in [0.25, 0.3) is 11.5 Å². The van der Waals surface area contributed by atoms with Crippen molar-refractivity contribution in [3.05, 3.63) is 53.1 Å². The van der Waals surface area contributed by atoms with Crippen LogP contribution in [-0.4, -0.2) is 22.9 Å². The lowest BCUT2D eigenvalue weighted by molar-refractivity contribution is -0.115. The zero-order chi connectivity index (χ0) is 18.1. The van der Waals surface area contributed by atoms with Crippen LogP contribution in [0.5, 0.6) is 11.5 Å². The van der Waals surface area contributed by atoms with Crippen molar-refractivity contribution >= 4 is 11.9 Å². The monoisotopic (exact) mass is 351 g/mol. The van der Waals surface area contributed by atoms with E-state index in [1.165, 1.54) is 5.56 Å². The van der Waals surface area contributed by atoms with Gasteiger partial charge >= 0.3 is 6.01 Å². The van der Waals surface area contributed by atoms with Crippen molar-refractivity contribution in [2.45, 2.75) is 20.3 Å². The Hall–Kier alpha value is -3.35. The third-order valence-corrected chi connectivity index (χ3v) is 4.23. The molecule has 2 heterocycles. The molecule has 0 spiro atoms. The minimum atomic E-state index is -0.251. The second-order valence-corrected chi connectivity index (χ2v) is 6.12. The molecule has 7 nitrogen and oxygen atoms in total. The summed E-state index contributed by atoms with van der Waals surface area (Å²) >= 11 is 0. The van der Waals surface area contributed by atoms with Gasteiger partial charge in [0, 0.05) is 5.56 Å². The molecule has 3 aromatic rings. The van der Waals surface area contributed by atoms with Crippen molar-refractivity contribution in [2.75, 3.05) is 12.1 Å². The van der Waals surface area contributed by atoms with Crippen LogP contribution in [0.3, 0.4) is 0 Å². The maximum atomic E-state index is 12.2. The van der Waals surface area contributed by atoms with E-state index in [9.17, 15) is 4.79 Å². The Kier molecular flexibility index (Phi) is 4.04. The SMILES string of the molecule is Cc1ccc(-c2nnc(NC(=O)Cc3ccc4c(c3)OCO4)o2)cc1C. The number of aromatic nitrogens is 2. The minimum absolute atomic E-state index is 0.0731. The largest absolute Gasteiger partial charge is 0.454 e. The van der Waals surface area contributed by atoms with E-state index in [1.807, 2.05) is 38.1 Å². The summed E-state index contributed by atoms with van der Waals surface area (Å²) in [6.07, 6.45) is 0.165. The Balaban J connectivity index is 1.43. The van der Waals surface area contributed by atoms with Gasteiger partial charge in [-0.1, -0.05) is 17.2 Å². The second kappa shape index (κ2) is 6.51. The Bertz CT molecular complexity index is 981. The van der Waals surface area contributed by atoms with Gasteiger partial charge in [-0.3, -0.25) is 10.1 Å². The minimum Gasteiger partial charge on any atom is -0.454 e. The number of carbonyl (C=O) groups is 1. The fraction of sp³-hybridized carbons (Fsp3) is 0.211. The van der Waals surface area contributed by atoms with Gasteiger partial charge in [0.05, 0.1) is 6.42 Å². The molecule has 7 heteroatoms. The van der Waals surface area contributed by atoms with E-state index >= 15 is 0 Å². The number of nitrogens with zero attached hydrogens (tertiary/aromatic N) is 2. The summed E-state index contributed by atoms with van der Waals surface area (Å²) < 4.78 is 16.1. The predicted molar refractivity (Wildman–Crippen MR) is 94.1 cm³/mol. The zero-order valence-corrected chi connectivity index (χ0v) is 14.4. The van der Waals surface area contributed by atoms with Crippen LogP contribution in [0.15, 0.2) is 40.8 Å². The second-order valence-electron chi connectivity index (χ2n) is 6.12. The standard InChI is InChI=1S/C19H17N3O4/c1-11-3-5-14(7-12(11)2)18-21-22-19(26-18)20-17(23)9-13-4-6-15-16(8-13)25-10-24-15/h3-8H,9-10H2,1-2H3,(H,20,22,23). The smallest absolute Gasteiger partial charge is 0.322 e. The summed E-state index contributed by atoms with van der Waals surface area (Å²) in [6, 6.07) is 11.3. The molecule has 0 atom stereocenters. The number of nitrogens with one attached hydrogen (secondary N) is 1. The molecule has 0 unspecified atom stereocenters. The third kappa shape index (κ3) is 3.23. The van der Waals surface area contributed by atoms with Gasteiger partial charge in [0.1, 0.15) is 0 Å². The number of fused-ring (bicyclic) bond motifs is 1. The number of anilines is 1. The van der Waals surface area contributed by atoms with E-state index in [4.69, 9.17) is 13.9 Å². The van der Waals surface area contributed by atoms with Crippen molar-refractivity contribution in [3.63, 3.8) is 0 Å². The number of benzene rings is 2. The normalized spacial score (nSPS) is 12.2. The molecule has 4 rings (SSSR count). The van der Waals surface area contributed by atoms with Crippen LogP contribution in [0.2, 0.25) is 0 Å². The molecule has 132 valence electrons. The maximum Gasteiger partial charge on any atom is 0.322 e. The summed E-state index contributed by atoms with van der Waals surface area (Å²) in [5.41, 5.74) is 3.94. The highest BCUT2D eigenvalue weighted by Crippen LogP contribution is 2.32. The van der Waals surface area contributed by atoms with Crippen LogP contribution in [0.1, 0.15) is 16.7 Å². The fourth-order valence-electron chi connectivity index (χ4n) is 2.66. The van der Waals surface area contributed by atoms with Crippen LogP contribution in [0, 0.1) is 13.8 Å². The topological polar surface area (TPSA) is 86.5 Å². The van der Waals surface area contributed by atoms with Crippen LogP contribution < -0.4 is 14.8 Å². The number of aryl methyl sites for hydroxylation is 2. The van der Waals surface area contributed by atoms with E-state index in [-0.39, 0.29) is 25.1 Å². The summed E-state index contributed by atoms with van der Waals surface area (Å²) in [4.78, 5) is 12.2. The lowest BCUT2D eigenvalue weighted by Crippen LogP contribution is -2.14. The molecule has 0 saturated heterocycles. The number of hydrogen-bond acceptors (Lipinski definition) is 6. The Morgan fingerprint density at radius 2 is 1.88 bits per heavy atom. The van der Waals surface area contributed by atoms with E-state index < -0.39 is 0 Å². The van der Waals surface area contributed by atoms with Gasteiger partial charge < -0.3 is 13.9 Å². The zero-order valence-electron chi connectivity index (χ0n) is 14.4. The molecule has 1 aliphatic rings. The first-order valence-corrected chi connectivity index (χ1v) is 8.18. The van der Waals surface area contributed by atoms with Crippen LogP contribution in [-0.2, 0) is 11.2 Å². The first kappa shape index (κ1) is 16.1. The molecular weight excluding hydrogens is 334 g/mol. The predicted octanol–water partition coefficient (Wildman–Crippen LogP) is 3.26. The van der Waals surface area contributed by atoms with Gasteiger partial charge in [-0.2, -0.15) is 0 Å². The molecular formula is C19H17N3O4. The molecule has 2 aromatic carbocycles. The first-order chi connectivity index (χ1) is 12.6. The fourth-order valence-corrected chi connectivity index (χ4v) is 2.66. The Morgan fingerprint density at radius 3 is 2.73 bits per heavy atom. The van der Waals surface area contributed by atoms with Gasteiger partial charge in [-0.15, -0.1) is 5.10 Å². The molecule has 0 bridgehead atoms. The Morgan fingerprint density at radius 1 is 1.04 bits per heavy atom. The molecule has 26 heavy (non-hydrogen) atoms. The van der Waals surface area contributed by atoms with Gasteiger partial charge in [-0.05, 0) is 54.8 Å². The molecule has 1 aliphatic heterocycles. The van der Waals surface area contributed by atoms with Gasteiger partial charge in [0.25, 0.3) is 0 Å². The quantitative estimate of drug-likeness (QED) is 0.776. The van der Waals surface area contributed by atoms with E-state index in [1.54, 1.807) is 12.1 Å². The van der Waals surface area contributed by atoms with Crippen LogP contribution >= 0.6 is 0 Å². The summed E-state index contributed by atoms with van der Waals surface area (Å²) in [6.45, 7) is 4.26. The van der Waals surface area contributed by atoms with E-state index in [0.717, 1.165) is 16.7 Å². The highest BCUT2D eigenvalue weighted by molar-refractivity contribution is 5.90. The number of carbonyl (C=O) groups excluding carboxylic acids is 1. The van der Waals surface area contributed by atoms with Gasteiger partial charge in [0.15, 0.2) is 11.5 Å². The molecule has 0 aliphatic carbocycles. The number of amides is 1. The van der Waals surface area contributed by atoms with Gasteiger partial charge in [0.2, 0.25) is 18.6 Å². The first-order valence-electron chi connectivity index (χ1n) is 8.18. The summed E-state index contributed by atoms with van der Waals surface area (Å²) in [5.74, 6) is 1.44. The van der Waals surface area contributed by atoms with E-state index in [0.29, 0.717) is 17.4 Å². The lowest BCUT2D eigenvalue weighted by Gasteiger charge is -2.03. The van der Waals surface area contributed by atoms with Crippen molar-refractivity contribution in [1.82, 2.24) is 10.2 Å². The summed E-state index contributed by atoms with van der Waals surface area (Å²) in [5, 5.41) is 10.5. The van der Waals surface area contributed by atoms with Crippen molar-refractivity contribution in [1.29, 1.82) is 0 Å². The molecule has 0 fully saturated rings. The third-order valence-electron chi connectivity index (χ3n) is 4.23. The molecule has 0 saturated carbocycles. The Labute approximate surface area is 150 Å². The average Bonchev–Trinajstić information content (AvgIpc) is 3.26. The number of hydrogen-bond donors (Lipinski definition) is 1. The van der Waals surface area contributed by atoms with Gasteiger partial charge in [-0.25, -0.2) is 0 Å². The van der Waals surface area contributed by atoms with Crippen molar-refractivity contribution in [3.8, 4) is 23.0 Å². The van der Waals surface area contributed by atoms with E-state index in [2.05, 4.69) is 15.5 Å². The highest BCUT2D eigenvalue weighted by Gasteiger charge is 2.16. The summed E-state index contributed by atoms with van der Waals surface area (Å²) in [7, 11) is 0. The van der Waals surface area contributed by atoms with Crippen molar-refractivity contribution in [2.24, 2.45) is 0 Å². The lowest BCUT2D eigenvalue weighted by atomic mass is 10.1. The maximum absolute atomic E-state index is 12.2. The number of ether oxygens (including phenoxy) is 2. The molecule has 1 amide bonds. The van der Waals surface area contributed by atoms with Crippen LogP contribution in [0.4, 0.5) is 6.01 Å².